The van der Waals surface area contributed by atoms with E-state index in [-0.39, 0.29) is 12.5 Å². The van der Waals surface area contributed by atoms with E-state index in [1.807, 2.05) is 24.3 Å². The molecule has 2 amide bonds. The minimum atomic E-state index is -0.852. The molecule has 2 rings (SSSR count). The van der Waals surface area contributed by atoms with Crippen LogP contribution < -0.4 is 15.5 Å². The number of amides is 2. The zero-order valence-electron chi connectivity index (χ0n) is 12.0. The van der Waals surface area contributed by atoms with Crippen LogP contribution in [0.1, 0.15) is 25.7 Å². The molecule has 0 atom stereocenters. The van der Waals surface area contributed by atoms with Crippen molar-refractivity contribution in [3.05, 3.63) is 24.3 Å². The number of urea groups is 1. The van der Waals surface area contributed by atoms with Crippen molar-refractivity contribution in [2.75, 3.05) is 29.9 Å². The molecule has 6 nitrogen and oxygen atoms in total. The minimum absolute atomic E-state index is 0.0603. The minimum Gasteiger partial charge on any atom is -0.481 e. The van der Waals surface area contributed by atoms with Crippen molar-refractivity contribution in [2.45, 2.75) is 25.7 Å². The molecule has 0 unspecified atom stereocenters. The van der Waals surface area contributed by atoms with Gasteiger partial charge < -0.3 is 20.6 Å². The van der Waals surface area contributed by atoms with Crippen LogP contribution in [0.2, 0.25) is 0 Å². The molecule has 1 heterocycles. The molecule has 114 valence electrons. The molecule has 0 spiro atoms. The van der Waals surface area contributed by atoms with Crippen molar-refractivity contribution >= 4 is 23.4 Å². The van der Waals surface area contributed by atoms with Crippen molar-refractivity contribution in [2.24, 2.45) is 0 Å². The van der Waals surface area contributed by atoms with Gasteiger partial charge >= 0.3 is 12.0 Å². The van der Waals surface area contributed by atoms with E-state index >= 15 is 0 Å². The Morgan fingerprint density at radius 2 is 1.81 bits per heavy atom. The smallest absolute Gasteiger partial charge is 0.319 e. The van der Waals surface area contributed by atoms with Crippen molar-refractivity contribution in [3.63, 3.8) is 0 Å². The van der Waals surface area contributed by atoms with Gasteiger partial charge in [0.15, 0.2) is 0 Å². The first-order valence-electron chi connectivity index (χ1n) is 7.27. The largest absolute Gasteiger partial charge is 0.481 e. The molecule has 1 fully saturated rings. The summed E-state index contributed by atoms with van der Waals surface area (Å²) >= 11 is 0. The van der Waals surface area contributed by atoms with Gasteiger partial charge in [-0.3, -0.25) is 4.79 Å². The molecular formula is C15H21N3O3. The Morgan fingerprint density at radius 3 is 2.43 bits per heavy atom. The summed E-state index contributed by atoms with van der Waals surface area (Å²) in [6.07, 6.45) is 2.96. The van der Waals surface area contributed by atoms with Gasteiger partial charge in [-0.2, -0.15) is 0 Å². The van der Waals surface area contributed by atoms with Gasteiger partial charge in [0.1, 0.15) is 0 Å². The molecule has 1 saturated heterocycles. The molecule has 1 aromatic carbocycles. The lowest BCUT2D eigenvalue weighted by Crippen LogP contribution is -2.29. The highest BCUT2D eigenvalue weighted by Crippen LogP contribution is 2.21. The molecular weight excluding hydrogens is 270 g/mol. The van der Waals surface area contributed by atoms with E-state index < -0.39 is 5.97 Å². The zero-order chi connectivity index (χ0) is 15.1. The van der Waals surface area contributed by atoms with Crippen LogP contribution in [0.5, 0.6) is 0 Å². The highest BCUT2D eigenvalue weighted by atomic mass is 16.4. The van der Waals surface area contributed by atoms with Crippen molar-refractivity contribution in [1.29, 1.82) is 0 Å². The Morgan fingerprint density at radius 1 is 1.14 bits per heavy atom. The number of nitrogens with zero attached hydrogens (tertiary/aromatic N) is 1. The van der Waals surface area contributed by atoms with Gasteiger partial charge in [-0.25, -0.2) is 4.79 Å². The number of benzene rings is 1. The number of hydrogen-bond acceptors (Lipinski definition) is 3. The van der Waals surface area contributed by atoms with Gasteiger partial charge in [0.05, 0.1) is 0 Å². The SMILES string of the molecule is O=C(O)CCCNC(=O)Nc1ccc(N2CCCC2)cc1. The van der Waals surface area contributed by atoms with E-state index in [1.54, 1.807) is 0 Å². The number of aliphatic carboxylic acids is 1. The summed E-state index contributed by atoms with van der Waals surface area (Å²) in [6, 6.07) is 7.46. The maximum absolute atomic E-state index is 11.6. The lowest BCUT2D eigenvalue weighted by atomic mass is 10.2. The summed E-state index contributed by atoms with van der Waals surface area (Å²) in [6.45, 7) is 2.54. The van der Waals surface area contributed by atoms with Gasteiger partial charge in [-0.05, 0) is 43.5 Å². The molecule has 0 aliphatic carbocycles. The molecule has 1 aliphatic heterocycles. The Hall–Kier alpha value is -2.24. The molecule has 0 aromatic heterocycles. The summed E-state index contributed by atoms with van der Waals surface area (Å²) in [7, 11) is 0. The third kappa shape index (κ3) is 4.98. The van der Waals surface area contributed by atoms with E-state index in [2.05, 4.69) is 15.5 Å². The molecule has 21 heavy (non-hydrogen) atoms. The summed E-state index contributed by atoms with van der Waals surface area (Å²) in [4.78, 5) is 24.3. The van der Waals surface area contributed by atoms with Crippen LogP contribution in [0.3, 0.4) is 0 Å². The number of anilines is 2. The Balaban J connectivity index is 1.74. The van der Waals surface area contributed by atoms with Crippen LogP contribution in [0.15, 0.2) is 24.3 Å². The fourth-order valence-electron chi connectivity index (χ4n) is 2.35. The highest BCUT2D eigenvalue weighted by molar-refractivity contribution is 5.89. The quantitative estimate of drug-likeness (QED) is 0.702. The monoisotopic (exact) mass is 291 g/mol. The number of carbonyl (C=O) groups is 2. The van der Waals surface area contributed by atoms with Gasteiger partial charge in [-0.1, -0.05) is 0 Å². The van der Waals surface area contributed by atoms with Crippen LogP contribution in [0.4, 0.5) is 16.2 Å². The Kier molecular flexibility index (Phi) is 5.43. The summed E-state index contributed by atoms with van der Waals surface area (Å²) in [5.74, 6) is -0.852. The van der Waals surface area contributed by atoms with Gasteiger partial charge in [0.2, 0.25) is 0 Å². The first kappa shape index (κ1) is 15.2. The number of carboxylic acids is 1. The van der Waals surface area contributed by atoms with Crippen LogP contribution in [-0.2, 0) is 4.79 Å². The second-order valence-corrected chi connectivity index (χ2v) is 5.12. The van der Waals surface area contributed by atoms with E-state index in [0.717, 1.165) is 18.8 Å². The maximum atomic E-state index is 11.6. The average Bonchev–Trinajstić information content (AvgIpc) is 2.98. The summed E-state index contributed by atoms with van der Waals surface area (Å²) in [5.41, 5.74) is 1.91. The van der Waals surface area contributed by atoms with E-state index in [1.165, 1.54) is 18.5 Å². The first-order chi connectivity index (χ1) is 10.1. The Bertz CT molecular complexity index is 481. The molecule has 0 saturated carbocycles. The fraction of sp³-hybridized carbons (Fsp3) is 0.467. The molecule has 1 aliphatic rings. The summed E-state index contributed by atoms with van der Waals surface area (Å²) in [5, 5.41) is 13.9. The molecule has 0 radical (unpaired) electrons. The van der Waals surface area contributed by atoms with Crippen LogP contribution in [-0.4, -0.2) is 36.7 Å². The second-order valence-electron chi connectivity index (χ2n) is 5.12. The van der Waals surface area contributed by atoms with Crippen molar-refractivity contribution in [1.82, 2.24) is 5.32 Å². The average molecular weight is 291 g/mol. The number of carbonyl (C=O) groups excluding carboxylic acids is 1. The van der Waals surface area contributed by atoms with Crippen LogP contribution in [0, 0.1) is 0 Å². The molecule has 3 N–H and O–H groups in total. The lowest BCUT2D eigenvalue weighted by Gasteiger charge is -2.17. The number of hydrogen-bond donors (Lipinski definition) is 3. The molecule has 1 aromatic rings. The fourth-order valence-corrected chi connectivity index (χ4v) is 2.35. The van der Waals surface area contributed by atoms with Gasteiger partial charge in [0.25, 0.3) is 0 Å². The zero-order valence-corrected chi connectivity index (χ0v) is 12.0. The van der Waals surface area contributed by atoms with Crippen LogP contribution in [0.25, 0.3) is 0 Å². The van der Waals surface area contributed by atoms with E-state index in [4.69, 9.17) is 5.11 Å². The second kappa shape index (κ2) is 7.52. The standard InChI is InChI=1S/C15H21N3O3/c19-14(20)4-3-9-16-15(21)17-12-5-7-13(8-6-12)18-10-1-2-11-18/h5-8H,1-4,9-11H2,(H,19,20)(H2,16,17,21). The predicted octanol–water partition coefficient (Wildman–Crippen LogP) is 2.27. The molecule has 6 heteroatoms. The van der Waals surface area contributed by atoms with Crippen molar-refractivity contribution in [3.8, 4) is 0 Å². The Labute approximate surface area is 124 Å². The topological polar surface area (TPSA) is 81.7 Å². The van der Waals surface area contributed by atoms with Crippen molar-refractivity contribution < 1.29 is 14.7 Å². The van der Waals surface area contributed by atoms with Crippen LogP contribution >= 0.6 is 0 Å². The molecule has 0 bridgehead atoms. The van der Waals surface area contributed by atoms with Gasteiger partial charge in [0, 0.05) is 37.4 Å². The lowest BCUT2D eigenvalue weighted by molar-refractivity contribution is -0.137. The highest BCUT2D eigenvalue weighted by Gasteiger charge is 2.12. The van der Waals surface area contributed by atoms with E-state index in [9.17, 15) is 9.59 Å². The maximum Gasteiger partial charge on any atom is 0.319 e. The van der Waals surface area contributed by atoms with E-state index in [0.29, 0.717) is 13.0 Å². The number of nitrogens with one attached hydrogen (secondary N) is 2. The first-order valence-corrected chi connectivity index (χ1v) is 7.27. The normalized spacial score (nSPS) is 14.0. The third-order valence-corrected chi connectivity index (χ3v) is 3.45. The number of rotatable bonds is 6. The van der Waals surface area contributed by atoms with Gasteiger partial charge in [-0.15, -0.1) is 0 Å². The predicted molar refractivity (Wildman–Crippen MR) is 81.8 cm³/mol. The third-order valence-electron chi connectivity index (χ3n) is 3.45. The number of carboxylic acid groups (broad SMARTS) is 1. The summed E-state index contributed by atoms with van der Waals surface area (Å²) < 4.78 is 0.